The number of nitrogens with one attached hydrogen (secondary N) is 1. The molecule has 1 N–H and O–H groups in total. The van der Waals surface area contributed by atoms with Gasteiger partial charge in [-0.2, -0.15) is 0 Å². The molecule has 1 aromatic carbocycles. The van der Waals surface area contributed by atoms with E-state index in [1.54, 1.807) is 7.11 Å². The van der Waals surface area contributed by atoms with Crippen LogP contribution < -0.4 is 10.2 Å². The SMILES string of the molecule is COCCCN(CC(=O)Nc1ccc(N(C)C)cc1)C(C)=O. The van der Waals surface area contributed by atoms with Crippen LogP contribution in [0.5, 0.6) is 0 Å². The number of carbonyl (C=O) groups excluding carboxylic acids is 2. The van der Waals surface area contributed by atoms with Crippen molar-refractivity contribution in [2.45, 2.75) is 13.3 Å². The van der Waals surface area contributed by atoms with Crippen molar-refractivity contribution in [1.29, 1.82) is 0 Å². The molecule has 6 nitrogen and oxygen atoms in total. The standard InChI is InChI=1S/C16H25N3O3/c1-13(20)19(10-5-11-22-4)12-16(21)17-14-6-8-15(9-7-14)18(2)3/h6-9H,5,10-12H2,1-4H3,(H,17,21). The topological polar surface area (TPSA) is 61.9 Å². The summed E-state index contributed by atoms with van der Waals surface area (Å²) in [4.78, 5) is 27.1. The molecule has 0 fully saturated rings. The second kappa shape index (κ2) is 9.04. The zero-order valence-electron chi connectivity index (χ0n) is 13.8. The van der Waals surface area contributed by atoms with Gasteiger partial charge in [0, 0.05) is 52.7 Å². The van der Waals surface area contributed by atoms with Gasteiger partial charge in [-0.15, -0.1) is 0 Å². The fraction of sp³-hybridized carbons (Fsp3) is 0.500. The van der Waals surface area contributed by atoms with Gasteiger partial charge in [-0.3, -0.25) is 9.59 Å². The van der Waals surface area contributed by atoms with Gasteiger partial charge in [0.2, 0.25) is 11.8 Å². The van der Waals surface area contributed by atoms with Crippen LogP contribution in [0.4, 0.5) is 11.4 Å². The first-order valence-electron chi connectivity index (χ1n) is 7.25. The lowest BCUT2D eigenvalue weighted by Gasteiger charge is -2.20. The summed E-state index contributed by atoms with van der Waals surface area (Å²) in [5.74, 6) is -0.320. The van der Waals surface area contributed by atoms with Crippen LogP contribution in [-0.4, -0.2) is 57.6 Å². The van der Waals surface area contributed by atoms with Crippen LogP contribution in [0.15, 0.2) is 24.3 Å². The number of nitrogens with zero attached hydrogens (tertiary/aromatic N) is 2. The summed E-state index contributed by atoms with van der Waals surface area (Å²) in [6.07, 6.45) is 0.709. The Kier molecular flexibility index (Phi) is 7.39. The molecule has 0 aromatic heterocycles. The highest BCUT2D eigenvalue weighted by atomic mass is 16.5. The minimum atomic E-state index is -0.204. The number of anilines is 2. The maximum atomic E-state index is 12.0. The predicted octanol–water partition coefficient (Wildman–Crippen LogP) is 1.58. The lowest BCUT2D eigenvalue weighted by molar-refractivity contribution is -0.132. The molecule has 0 atom stereocenters. The Hall–Kier alpha value is -2.08. The first-order valence-corrected chi connectivity index (χ1v) is 7.25. The molecule has 6 heteroatoms. The lowest BCUT2D eigenvalue weighted by Crippen LogP contribution is -2.37. The second-order valence-electron chi connectivity index (χ2n) is 5.28. The molecule has 0 bridgehead atoms. The van der Waals surface area contributed by atoms with E-state index in [2.05, 4.69) is 5.32 Å². The molecule has 0 spiro atoms. The van der Waals surface area contributed by atoms with E-state index in [4.69, 9.17) is 4.74 Å². The Labute approximate surface area is 132 Å². The third kappa shape index (κ3) is 6.13. The van der Waals surface area contributed by atoms with E-state index in [-0.39, 0.29) is 18.4 Å². The first-order chi connectivity index (χ1) is 10.4. The summed E-state index contributed by atoms with van der Waals surface area (Å²) in [5.41, 5.74) is 1.78. The molecule has 2 amide bonds. The molecule has 0 aliphatic rings. The molecule has 0 heterocycles. The van der Waals surface area contributed by atoms with Gasteiger partial charge < -0.3 is 19.9 Å². The number of methoxy groups -OCH3 is 1. The third-order valence-electron chi connectivity index (χ3n) is 3.22. The van der Waals surface area contributed by atoms with E-state index in [1.165, 1.54) is 11.8 Å². The summed E-state index contributed by atoms with van der Waals surface area (Å²) in [7, 11) is 5.53. The van der Waals surface area contributed by atoms with E-state index in [0.717, 1.165) is 11.4 Å². The van der Waals surface area contributed by atoms with Crippen molar-refractivity contribution in [3.8, 4) is 0 Å². The van der Waals surface area contributed by atoms with Crippen LogP contribution in [0.3, 0.4) is 0 Å². The molecule has 0 aliphatic carbocycles. The van der Waals surface area contributed by atoms with Gasteiger partial charge in [0.1, 0.15) is 0 Å². The van der Waals surface area contributed by atoms with Crippen molar-refractivity contribution in [3.63, 3.8) is 0 Å². The molecule has 22 heavy (non-hydrogen) atoms. The summed E-state index contributed by atoms with van der Waals surface area (Å²) >= 11 is 0. The first kappa shape index (κ1) is 18.0. The van der Waals surface area contributed by atoms with E-state index >= 15 is 0 Å². The average Bonchev–Trinajstić information content (AvgIpc) is 2.46. The smallest absolute Gasteiger partial charge is 0.243 e. The van der Waals surface area contributed by atoms with E-state index in [0.29, 0.717) is 19.6 Å². The highest BCUT2D eigenvalue weighted by Gasteiger charge is 2.13. The quantitative estimate of drug-likeness (QED) is 0.741. The van der Waals surface area contributed by atoms with Crippen LogP contribution >= 0.6 is 0 Å². The normalized spacial score (nSPS) is 10.2. The van der Waals surface area contributed by atoms with Gasteiger partial charge in [0.25, 0.3) is 0 Å². The lowest BCUT2D eigenvalue weighted by atomic mass is 10.2. The summed E-state index contributed by atoms with van der Waals surface area (Å²) < 4.78 is 4.96. The highest BCUT2D eigenvalue weighted by molar-refractivity contribution is 5.94. The van der Waals surface area contributed by atoms with Crippen molar-refractivity contribution in [2.75, 3.05) is 51.1 Å². The van der Waals surface area contributed by atoms with Gasteiger partial charge in [0.15, 0.2) is 0 Å². The monoisotopic (exact) mass is 307 g/mol. The van der Waals surface area contributed by atoms with Crippen LogP contribution in [-0.2, 0) is 14.3 Å². The maximum Gasteiger partial charge on any atom is 0.243 e. The Morgan fingerprint density at radius 1 is 1.18 bits per heavy atom. The maximum absolute atomic E-state index is 12.0. The Morgan fingerprint density at radius 3 is 2.32 bits per heavy atom. The van der Waals surface area contributed by atoms with Crippen molar-refractivity contribution in [3.05, 3.63) is 24.3 Å². The van der Waals surface area contributed by atoms with Crippen molar-refractivity contribution >= 4 is 23.2 Å². The minimum absolute atomic E-state index is 0.0501. The van der Waals surface area contributed by atoms with Crippen molar-refractivity contribution in [2.24, 2.45) is 0 Å². The van der Waals surface area contributed by atoms with Crippen LogP contribution in [0, 0.1) is 0 Å². The molecule has 0 saturated carbocycles. The van der Waals surface area contributed by atoms with Crippen LogP contribution in [0.1, 0.15) is 13.3 Å². The molecule has 1 aromatic rings. The molecule has 0 aliphatic heterocycles. The Balaban J connectivity index is 2.53. The molecule has 122 valence electrons. The number of benzene rings is 1. The minimum Gasteiger partial charge on any atom is -0.385 e. The summed E-state index contributed by atoms with van der Waals surface area (Å²) in [5, 5.41) is 2.80. The second-order valence-corrected chi connectivity index (χ2v) is 5.28. The molecule has 0 radical (unpaired) electrons. The van der Waals surface area contributed by atoms with Gasteiger partial charge >= 0.3 is 0 Å². The summed E-state index contributed by atoms with van der Waals surface area (Å²) in [6, 6.07) is 7.54. The predicted molar refractivity (Wildman–Crippen MR) is 88.1 cm³/mol. The molecule has 1 rings (SSSR count). The van der Waals surface area contributed by atoms with Gasteiger partial charge in [-0.25, -0.2) is 0 Å². The zero-order valence-corrected chi connectivity index (χ0v) is 13.8. The van der Waals surface area contributed by atoms with Crippen LogP contribution in [0.25, 0.3) is 0 Å². The van der Waals surface area contributed by atoms with E-state index < -0.39 is 0 Å². The Bertz CT molecular complexity index is 486. The zero-order chi connectivity index (χ0) is 16.5. The van der Waals surface area contributed by atoms with Crippen molar-refractivity contribution in [1.82, 2.24) is 4.90 Å². The summed E-state index contributed by atoms with van der Waals surface area (Å²) in [6.45, 7) is 2.59. The number of hydrogen-bond acceptors (Lipinski definition) is 4. The van der Waals surface area contributed by atoms with Crippen LogP contribution in [0.2, 0.25) is 0 Å². The van der Waals surface area contributed by atoms with Crippen molar-refractivity contribution < 1.29 is 14.3 Å². The third-order valence-corrected chi connectivity index (χ3v) is 3.22. The number of hydrogen-bond donors (Lipinski definition) is 1. The molecular weight excluding hydrogens is 282 g/mol. The largest absolute Gasteiger partial charge is 0.385 e. The van der Waals surface area contributed by atoms with E-state index in [9.17, 15) is 9.59 Å². The molecule has 0 saturated heterocycles. The number of amides is 2. The highest BCUT2D eigenvalue weighted by Crippen LogP contribution is 2.15. The molecule has 0 unspecified atom stereocenters. The Morgan fingerprint density at radius 2 is 1.82 bits per heavy atom. The molecular formula is C16H25N3O3. The van der Waals surface area contributed by atoms with E-state index in [1.807, 2.05) is 43.3 Å². The number of rotatable bonds is 8. The van der Waals surface area contributed by atoms with Gasteiger partial charge in [-0.1, -0.05) is 0 Å². The fourth-order valence-corrected chi connectivity index (χ4v) is 1.96. The average molecular weight is 307 g/mol. The fourth-order valence-electron chi connectivity index (χ4n) is 1.96. The number of carbonyl (C=O) groups is 2. The van der Waals surface area contributed by atoms with Gasteiger partial charge in [0.05, 0.1) is 6.54 Å². The van der Waals surface area contributed by atoms with Gasteiger partial charge in [-0.05, 0) is 30.7 Å². The number of ether oxygens (including phenoxy) is 1.